The first-order valence-electron chi connectivity index (χ1n) is 21.3. The molecule has 4 N–H and O–H groups in total. The van der Waals surface area contributed by atoms with E-state index in [2.05, 4.69) is 91.3 Å². The van der Waals surface area contributed by atoms with Crippen molar-refractivity contribution in [2.45, 2.75) is 180 Å². The van der Waals surface area contributed by atoms with Crippen LogP contribution in [-0.4, -0.2) is 59.3 Å². The molecule has 9 nitrogen and oxygen atoms in total. The second-order valence-corrected chi connectivity index (χ2v) is 14.0. The number of aliphatic carboxylic acids is 1. The number of hydrogen-bond donors (Lipinski definition) is 4. The van der Waals surface area contributed by atoms with E-state index in [1.54, 1.807) is 0 Å². The maximum absolute atomic E-state index is 12.7. The lowest BCUT2D eigenvalue weighted by Crippen LogP contribution is -2.47. The van der Waals surface area contributed by atoms with E-state index in [1.807, 2.05) is 6.08 Å². The molecular formula is C46H76N2O7. The van der Waals surface area contributed by atoms with Gasteiger partial charge in [0.05, 0.1) is 13.2 Å². The standard InChI is InChI=1S/C46H76N2O7/c1-3-5-7-9-11-13-15-16-17-18-19-21-23-25-30-34-38-45(52)55-41(35-31-27-24-22-20-14-12-10-8-6-4-2)36-32-28-26-29-33-37-43(50)47-39-44(51)48-42(40-49)46(53)54/h6,8,12-15,17-18,22,24,31,35,41-42,49H,3-5,7,9-11,16,19-21,23,25-30,32-34,36-40H2,1-2H3,(H,47,50)(H,48,51)(H,53,54)/b8-6-,14-12-,15-13-,18-17-,24-22-,35-31-. The number of unbranched alkanes of at least 4 members (excludes halogenated alkanes) is 13. The topological polar surface area (TPSA) is 142 Å². The molecule has 0 fully saturated rings. The molecule has 0 bridgehead atoms. The number of carboxylic acid groups (broad SMARTS) is 1. The summed E-state index contributed by atoms with van der Waals surface area (Å²) in [5, 5.41) is 22.5. The summed E-state index contributed by atoms with van der Waals surface area (Å²) in [5.74, 6) is -2.42. The van der Waals surface area contributed by atoms with Crippen LogP contribution in [0.15, 0.2) is 72.9 Å². The zero-order valence-corrected chi connectivity index (χ0v) is 34.4. The van der Waals surface area contributed by atoms with Gasteiger partial charge in [0.1, 0.15) is 12.1 Å². The highest BCUT2D eigenvalue weighted by atomic mass is 16.5. The molecular weight excluding hydrogens is 693 g/mol. The Kier molecular flexibility index (Phi) is 37.3. The maximum atomic E-state index is 12.7. The molecule has 0 aliphatic rings. The molecule has 0 radical (unpaired) electrons. The lowest BCUT2D eigenvalue weighted by molar-refractivity contribution is -0.147. The third-order valence-electron chi connectivity index (χ3n) is 8.92. The van der Waals surface area contributed by atoms with Gasteiger partial charge in [-0.1, -0.05) is 138 Å². The Hall–Kier alpha value is -3.72. The fraction of sp³-hybridized carbons (Fsp3) is 0.652. The van der Waals surface area contributed by atoms with Gasteiger partial charge in [0, 0.05) is 12.8 Å². The molecule has 0 aromatic carbocycles. The van der Waals surface area contributed by atoms with E-state index >= 15 is 0 Å². The third kappa shape index (κ3) is 37.0. The van der Waals surface area contributed by atoms with Crippen LogP contribution in [0.3, 0.4) is 0 Å². The van der Waals surface area contributed by atoms with Crippen LogP contribution in [0.4, 0.5) is 0 Å². The van der Waals surface area contributed by atoms with Crippen LogP contribution in [0.25, 0.3) is 0 Å². The summed E-state index contributed by atoms with van der Waals surface area (Å²) in [7, 11) is 0. The average Bonchev–Trinajstić information content (AvgIpc) is 3.17. The minimum Gasteiger partial charge on any atom is -0.480 e. The number of carboxylic acids is 1. The van der Waals surface area contributed by atoms with E-state index < -0.39 is 24.5 Å². The summed E-state index contributed by atoms with van der Waals surface area (Å²) in [6.07, 6.45) is 49.4. The van der Waals surface area contributed by atoms with Crippen molar-refractivity contribution >= 4 is 23.8 Å². The van der Waals surface area contributed by atoms with Crippen LogP contribution < -0.4 is 10.6 Å². The number of hydrogen-bond acceptors (Lipinski definition) is 6. The molecule has 0 spiro atoms. The summed E-state index contributed by atoms with van der Waals surface area (Å²) >= 11 is 0. The number of allylic oxidation sites excluding steroid dienone is 11. The smallest absolute Gasteiger partial charge is 0.328 e. The molecule has 312 valence electrons. The van der Waals surface area contributed by atoms with Gasteiger partial charge in [-0.3, -0.25) is 14.4 Å². The van der Waals surface area contributed by atoms with Crippen LogP contribution in [0.2, 0.25) is 0 Å². The summed E-state index contributed by atoms with van der Waals surface area (Å²) in [4.78, 5) is 47.5. The van der Waals surface area contributed by atoms with Gasteiger partial charge < -0.3 is 25.6 Å². The van der Waals surface area contributed by atoms with E-state index in [0.717, 1.165) is 89.9 Å². The summed E-state index contributed by atoms with van der Waals surface area (Å²) in [5.41, 5.74) is 0. The van der Waals surface area contributed by atoms with Crippen molar-refractivity contribution in [3.05, 3.63) is 72.9 Å². The number of amides is 2. The molecule has 0 aromatic rings. The summed E-state index contributed by atoms with van der Waals surface area (Å²) in [6, 6.07) is -1.39. The Morgan fingerprint density at radius 1 is 0.582 bits per heavy atom. The van der Waals surface area contributed by atoms with Gasteiger partial charge in [-0.05, 0) is 89.5 Å². The highest BCUT2D eigenvalue weighted by molar-refractivity contribution is 5.87. The van der Waals surface area contributed by atoms with Crippen molar-refractivity contribution < 1.29 is 34.1 Å². The zero-order chi connectivity index (χ0) is 40.5. The van der Waals surface area contributed by atoms with Crippen molar-refractivity contribution in [1.29, 1.82) is 0 Å². The molecule has 0 rings (SSSR count). The number of aliphatic hydroxyl groups is 1. The van der Waals surface area contributed by atoms with Gasteiger partial charge in [-0.15, -0.1) is 0 Å². The molecule has 0 aliphatic heterocycles. The van der Waals surface area contributed by atoms with Gasteiger partial charge in [0.15, 0.2) is 0 Å². The number of carbonyl (C=O) groups excluding carboxylic acids is 3. The Morgan fingerprint density at radius 2 is 1.09 bits per heavy atom. The van der Waals surface area contributed by atoms with E-state index in [9.17, 15) is 19.2 Å². The molecule has 0 aliphatic carbocycles. The van der Waals surface area contributed by atoms with E-state index in [0.29, 0.717) is 12.8 Å². The minimum atomic E-state index is -1.39. The fourth-order valence-corrected chi connectivity index (χ4v) is 5.65. The van der Waals surface area contributed by atoms with E-state index in [4.69, 9.17) is 14.9 Å². The molecule has 0 saturated heterocycles. The van der Waals surface area contributed by atoms with Gasteiger partial charge in [-0.2, -0.15) is 0 Å². The van der Waals surface area contributed by atoms with Crippen molar-refractivity contribution in [3.8, 4) is 0 Å². The first-order valence-corrected chi connectivity index (χ1v) is 21.3. The second kappa shape index (κ2) is 40.0. The minimum absolute atomic E-state index is 0.136. The molecule has 0 heterocycles. The Labute approximate surface area is 333 Å². The first-order chi connectivity index (χ1) is 26.8. The van der Waals surface area contributed by atoms with Crippen LogP contribution >= 0.6 is 0 Å². The molecule has 0 saturated carbocycles. The second-order valence-electron chi connectivity index (χ2n) is 14.0. The lowest BCUT2D eigenvalue weighted by atomic mass is 10.1. The maximum Gasteiger partial charge on any atom is 0.328 e. The highest BCUT2D eigenvalue weighted by Crippen LogP contribution is 2.15. The van der Waals surface area contributed by atoms with E-state index in [-0.39, 0.29) is 30.9 Å². The molecule has 0 aromatic heterocycles. The quantitative estimate of drug-likeness (QED) is 0.0280. The predicted molar refractivity (Wildman–Crippen MR) is 227 cm³/mol. The number of rotatable bonds is 37. The number of nitrogens with one attached hydrogen (secondary N) is 2. The van der Waals surface area contributed by atoms with Gasteiger partial charge >= 0.3 is 11.9 Å². The van der Waals surface area contributed by atoms with Crippen molar-refractivity contribution in [2.75, 3.05) is 13.2 Å². The normalized spacial score (nSPS) is 13.2. The van der Waals surface area contributed by atoms with Crippen molar-refractivity contribution in [3.63, 3.8) is 0 Å². The zero-order valence-electron chi connectivity index (χ0n) is 34.4. The molecule has 2 amide bonds. The van der Waals surface area contributed by atoms with Gasteiger partial charge in [0.2, 0.25) is 11.8 Å². The number of esters is 1. The summed E-state index contributed by atoms with van der Waals surface area (Å²) < 4.78 is 5.90. The highest BCUT2D eigenvalue weighted by Gasteiger charge is 2.18. The molecule has 55 heavy (non-hydrogen) atoms. The largest absolute Gasteiger partial charge is 0.480 e. The van der Waals surface area contributed by atoms with Crippen LogP contribution in [-0.2, 0) is 23.9 Å². The molecule has 2 unspecified atom stereocenters. The van der Waals surface area contributed by atoms with Gasteiger partial charge in [0.25, 0.3) is 0 Å². The van der Waals surface area contributed by atoms with Gasteiger partial charge in [-0.25, -0.2) is 4.79 Å². The Bertz CT molecular complexity index is 1150. The monoisotopic (exact) mass is 769 g/mol. The number of carbonyl (C=O) groups is 4. The molecule has 2 atom stereocenters. The number of ether oxygens (including phenoxy) is 1. The summed E-state index contributed by atoms with van der Waals surface area (Å²) in [6.45, 7) is 3.31. The SMILES string of the molecule is CC/C=C\C/C=C\C/C=C\C/C=C\C(CCCCCCCC(=O)NCC(=O)NC(CO)C(=O)O)OC(=O)CCCCCCC/C=C\C/C=C\CCCCCC. The first kappa shape index (κ1) is 51.3. The predicted octanol–water partition coefficient (Wildman–Crippen LogP) is 10.3. The Balaban J connectivity index is 4.45. The average molecular weight is 769 g/mol. The lowest BCUT2D eigenvalue weighted by Gasteiger charge is -2.15. The van der Waals surface area contributed by atoms with E-state index in [1.165, 1.54) is 44.9 Å². The third-order valence-corrected chi connectivity index (χ3v) is 8.92. The van der Waals surface area contributed by atoms with Crippen LogP contribution in [0, 0.1) is 0 Å². The van der Waals surface area contributed by atoms with Crippen LogP contribution in [0.1, 0.15) is 168 Å². The fourth-order valence-electron chi connectivity index (χ4n) is 5.65. The van der Waals surface area contributed by atoms with Crippen molar-refractivity contribution in [1.82, 2.24) is 10.6 Å². The van der Waals surface area contributed by atoms with Crippen LogP contribution in [0.5, 0.6) is 0 Å². The molecule has 9 heteroatoms. The van der Waals surface area contributed by atoms with Crippen molar-refractivity contribution in [2.24, 2.45) is 0 Å². The number of aliphatic hydroxyl groups excluding tert-OH is 1. The Morgan fingerprint density at radius 3 is 1.67 bits per heavy atom.